The van der Waals surface area contributed by atoms with E-state index in [0.717, 1.165) is 12.1 Å². The fourth-order valence-electron chi connectivity index (χ4n) is 4.72. The molecule has 2 N–H and O–H groups in total. The topological polar surface area (TPSA) is 132 Å². The molecule has 0 unspecified atom stereocenters. The second-order valence-electron chi connectivity index (χ2n) is 10.5. The van der Waals surface area contributed by atoms with Gasteiger partial charge >= 0.3 is 6.18 Å². The van der Waals surface area contributed by atoms with Gasteiger partial charge in [0.1, 0.15) is 11.5 Å². The quantitative estimate of drug-likeness (QED) is 0.0638. The summed E-state index contributed by atoms with van der Waals surface area (Å²) in [6.07, 6.45) is -1.94. The number of carbonyl (C=O) groups is 3. The zero-order valence-corrected chi connectivity index (χ0v) is 25.0. The molecule has 0 fully saturated rings. The van der Waals surface area contributed by atoms with Crippen molar-refractivity contribution in [3.05, 3.63) is 153 Å². The van der Waals surface area contributed by atoms with E-state index in [1.54, 1.807) is 54.6 Å². The van der Waals surface area contributed by atoms with Gasteiger partial charge in [-0.3, -0.25) is 24.5 Å². The largest absolute Gasteiger partial charge is 0.457 e. The van der Waals surface area contributed by atoms with E-state index in [1.807, 2.05) is 0 Å². The second-order valence-corrected chi connectivity index (χ2v) is 10.5. The Kier molecular flexibility index (Phi) is 9.94. The highest BCUT2D eigenvalue weighted by molar-refractivity contribution is 6.15. The summed E-state index contributed by atoms with van der Waals surface area (Å²) in [4.78, 5) is 49.4. The molecule has 0 radical (unpaired) electrons. The number of amides is 2. The number of benzene rings is 4. The fourth-order valence-corrected chi connectivity index (χ4v) is 4.72. The molecule has 0 aliphatic heterocycles. The van der Waals surface area contributed by atoms with Crippen molar-refractivity contribution >= 4 is 40.7 Å². The van der Waals surface area contributed by atoms with Crippen molar-refractivity contribution < 1.29 is 36.9 Å². The average molecular weight is 654 g/mol. The Balaban J connectivity index is 1.28. The molecule has 0 bridgehead atoms. The number of aryl methyl sites for hydroxylation is 1. The number of furan rings is 1. The molecule has 1 heterocycles. The number of nitro groups is 1. The first-order chi connectivity index (χ1) is 23.0. The van der Waals surface area contributed by atoms with Crippen LogP contribution in [0.5, 0.6) is 0 Å². The van der Waals surface area contributed by atoms with Crippen molar-refractivity contribution in [3.63, 3.8) is 0 Å². The van der Waals surface area contributed by atoms with Crippen LogP contribution in [-0.4, -0.2) is 22.5 Å². The van der Waals surface area contributed by atoms with E-state index in [9.17, 15) is 37.7 Å². The summed E-state index contributed by atoms with van der Waals surface area (Å²) in [5.74, 6) is -0.687. The first-order valence-electron chi connectivity index (χ1n) is 14.5. The molecule has 0 aliphatic carbocycles. The Hall–Kier alpha value is -6.30. The van der Waals surface area contributed by atoms with E-state index in [4.69, 9.17) is 4.42 Å². The first kappa shape index (κ1) is 33.1. The van der Waals surface area contributed by atoms with Crippen LogP contribution in [0.25, 0.3) is 17.4 Å². The Morgan fingerprint density at radius 3 is 2.29 bits per heavy atom. The maximum atomic E-state index is 13.4. The van der Waals surface area contributed by atoms with Crippen molar-refractivity contribution in [3.8, 4) is 11.3 Å². The Bertz CT molecular complexity index is 2000. The van der Waals surface area contributed by atoms with Gasteiger partial charge in [-0.1, -0.05) is 48.5 Å². The van der Waals surface area contributed by atoms with Crippen molar-refractivity contribution in [2.75, 3.05) is 10.6 Å². The average Bonchev–Trinajstić information content (AvgIpc) is 3.56. The van der Waals surface area contributed by atoms with Gasteiger partial charge in [-0.15, -0.1) is 0 Å². The minimum atomic E-state index is -4.50. The molecule has 0 spiro atoms. The molecule has 0 saturated heterocycles. The lowest BCUT2D eigenvalue weighted by atomic mass is 10.0. The monoisotopic (exact) mass is 653 g/mol. The minimum absolute atomic E-state index is 0.0449. The summed E-state index contributed by atoms with van der Waals surface area (Å²) in [6.45, 7) is 0. The van der Waals surface area contributed by atoms with Gasteiger partial charge in [0.2, 0.25) is 11.8 Å². The number of anilines is 2. The number of alkyl halides is 3. The lowest BCUT2D eigenvalue weighted by Gasteiger charge is -2.13. The van der Waals surface area contributed by atoms with Crippen LogP contribution in [-0.2, 0) is 22.2 Å². The standard InChI is InChI=1S/C36H26F3N3O6/c37-36(38,39)26-8-4-5-23(21-26)9-19-34(44)41-31-17-12-27(22-30(31)35(45)25-6-2-1-3-7-25)40-33(43)20-16-29-15-18-32(48-29)24-10-13-28(14-11-24)42(46)47/h1-8,10-18,20-22H,9,19H2,(H,40,43)(H,41,44)/b20-16+. The fraction of sp³-hybridized carbons (Fsp3) is 0.0833. The molecule has 48 heavy (non-hydrogen) atoms. The highest BCUT2D eigenvalue weighted by atomic mass is 19.4. The number of nitrogens with one attached hydrogen (secondary N) is 2. The Morgan fingerprint density at radius 2 is 1.58 bits per heavy atom. The number of ketones is 1. The second kappa shape index (κ2) is 14.4. The summed E-state index contributed by atoms with van der Waals surface area (Å²) < 4.78 is 44.9. The molecular formula is C36H26F3N3O6. The predicted octanol–water partition coefficient (Wildman–Crippen LogP) is 8.33. The van der Waals surface area contributed by atoms with Gasteiger partial charge in [0.15, 0.2) is 5.78 Å². The van der Waals surface area contributed by atoms with Gasteiger partial charge < -0.3 is 15.1 Å². The van der Waals surface area contributed by atoms with Gasteiger partial charge in [-0.05, 0) is 66.6 Å². The van der Waals surface area contributed by atoms with Crippen molar-refractivity contribution in [2.24, 2.45) is 0 Å². The van der Waals surface area contributed by atoms with Gasteiger partial charge in [-0.2, -0.15) is 13.2 Å². The zero-order valence-electron chi connectivity index (χ0n) is 25.0. The maximum absolute atomic E-state index is 13.4. The van der Waals surface area contributed by atoms with Crippen LogP contribution >= 0.6 is 0 Å². The molecule has 0 aliphatic rings. The number of hydrogen-bond donors (Lipinski definition) is 2. The third-order valence-corrected chi connectivity index (χ3v) is 7.13. The Morgan fingerprint density at radius 1 is 0.833 bits per heavy atom. The van der Waals surface area contributed by atoms with Crippen LogP contribution in [0.4, 0.5) is 30.2 Å². The third-order valence-electron chi connectivity index (χ3n) is 7.13. The van der Waals surface area contributed by atoms with Crippen LogP contribution in [0, 0.1) is 10.1 Å². The number of carbonyl (C=O) groups excluding carboxylic acids is 3. The SMILES string of the molecule is O=C(/C=C/c1ccc(-c2ccc([N+](=O)[O-])cc2)o1)Nc1ccc(NC(=O)CCc2cccc(C(F)(F)F)c2)c(C(=O)c2ccccc2)c1. The van der Waals surface area contributed by atoms with Gasteiger partial charge in [-0.25, -0.2) is 0 Å². The van der Waals surface area contributed by atoms with Gasteiger partial charge in [0.25, 0.3) is 5.69 Å². The highest BCUT2D eigenvalue weighted by Crippen LogP contribution is 2.30. The maximum Gasteiger partial charge on any atom is 0.416 e. The molecule has 0 saturated carbocycles. The van der Waals surface area contributed by atoms with Crippen LogP contribution in [0.3, 0.4) is 0 Å². The summed E-state index contributed by atoms with van der Waals surface area (Å²) in [6, 6.07) is 26.5. The molecule has 0 atom stereocenters. The van der Waals surface area contributed by atoms with Gasteiger partial charge in [0, 0.05) is 47.0 Å². The van der Waals surface area contributed by atoms with Crippen LogP contribution in [0.2, 0.25) is 0 Å². The van der Waals surface area contributed by atoms with Crippen molar-refractivity contribution in [1.29, 1.82) is 0 Å². The molecule has 9 nitrogen and oxygen atoms in total. The van der Waals surface area contributed by atoms with E-state index in [-0.39, 0.29) is 35.5 Å². The Labute approximate surface area is 271 Å². The molecule has 2 amide bonds. The van der Waals surface area contributed by atoms with Crippen LogP contribution in [0.1, 0.15) is 39.2 Å². The summed E-state index contributed by atoms with van der Waals surface area (Å²) in [7, 11) is 0. The molecule has 5 rings (SSSR count). The predicted molar refractivity (Wildman–Crippen MR) is 173 cm³/mol. The number of nitro benzene ring substituents is 1. The lowest BCUT2D eigenvalue weighted by Crippen LogP contribution is -2.16. The van der Waals surface area contributed by atoms with Crippen molar-refractivity contribution in [1.82, 2.24) is 0 Å². The van der Waals surface area contributed by atoms with E-state index >= 15 is 0 Å². The number of nitrogens with zero attached hydrogens (tertiary/aromatic N) is 1. The van der Waals surface area contributed by atoms with Crippen molar-refractivity contribution in [2.45, 2.75) is 19.0 Å². The molecule has 242 valence electrons. The summed E-state index contributed by atoms with van der Waals surface area (Å²) >= 11 is 0. The smallest absolute Gasteiger partial charge is 0.416 e. The van der Waals surface area contributed by atoms with E-state index in [0.29, 0.717) is 28.2 Å². The van der Waals surface area contributed by atoms with Gasteiger partial charge in [0.05, 0.1) is 16.2 Å². The molecule has 1 aromatic heterocycles. The number of non-ortho nitro benzene ring substituents is 1. The first-order valence-corrected chi connectivity index (χ1v) is 14.5. The molecule has 12 heteroatoms. The summed E-state index contributed by atoms with van der Waals surface area (Å²) in [5, 5.41) is 16.2. The number of hydrogen-bond acceptors (Lipinski definition) is 6. The number of rotatable bonds is 11. The third kappa shape index (κ3) is 8.49. The molecular weight excluding hydrogens is 627 g/mol. The van der Waals surface area contributed by atoms with Crippen LogP contribution in [0.15, 0.2) is 120 Å². The van der Waals surface area contributed by atoms with Crippen LogP contribution < -0.4 is 10.6 Å². The summed E-state index contributed by atoms with van der Waals surface area (Å²) in [5.41, 5.74) is 0.945. The molecule has 5 aromatic rings. The zero-order chi connectivity index (χ0) is 34.3. The lowest BCUT2D eigenvalue weighted by molar-refractivity contribution is -0.384. The highest BCUT2D eigenvalue weighted by Gasteiger charge is 2.30. The van der Waals surface area contributed by atoms with E-state index < -0.39 is 34.3 Å². The van der Waals surface area contributed by atoms with E-state index in [1.165, 1.54) is 54.6 Å². The van der Waals surface area contributed by atoms with E-state index in [2.05, 4.69) is 10.6 Å². The minimum Gasteiger partial charge on any atom is -0.457 e. The number of halogens is 3. The molecule has 4 aromatic carbocycles. The normalized spacial score (nSPS) is 11.3.